The first-order valence-electron chi connectivity index (χ1n) is 6.93. The van der Waals surface area contributed by atoms with E-state index < -0.39 is 6.10 Å². The minimum absolute atomic E-state index is 0.341. The Bertz CT molecular complexity index is 399. The van der Waals surface area contributed by atoms with Gasteiger partial charge in [-0.1, -0.05) is 19.1 Å². The SMILES string of the molecule is C[C@@H]1CCCN(C[C@@H](O)COc2ccccc2Br)C1. The molecule has 1 aromatic rings. The molecule has 0 aromatic heterocycles. The number of piperidine rings is 1. The molecule has 1 saturated heterocycles. The number of rotatable bonds is 5. The van der Waals surface area contributed by atoms with Gasteiger partial charge in [0.05, 0.1) is 4.47 Å². The van der Waals surface area contributed by atoms with Crippen LogP contribution in [-0.2, 0) is 0 Å². The average Bonchev–Trinajstić information content (AvgIpc) is 2.38. The van der Waals surface area contributed by atoms with Crippen molar-refractivity contribution < 1.29 is 9.84 Å². The van der Waals surface area contributed by atoms with Crippen molar-refractivity contribution in [3.05, 3.63) is 28.7 Å². The second kappa shape index (κ2) is 7.27. The monoisotopic (exact) mass is 327 g/mol. The number of nitrogens with zero attached hydrogens (tertiary/aromatic N) is 1. The third kappa shape index (κ3) is 4.79. The maximum Gasteiger partial charge on any atom is 0.133 e. The predicted molar refractivity (Wildman–Crippen MR) is 80.5 cm³/mol. The van der Waals surface area contributed by atoms with Gasteiger partial charge in [-0.15, -0.1) is 0 Å². The fraction of sp³-hybridized carbons (Fsp3) is 0.600. The zero-order chi connectivity index (χ0) is 13.7. The number of hydrogen-bond donors (Lipinski definition) is 1. The van der Waals surface area contributed by atoms with E-state index in [9.17, 15) is 5.11 Å². The van der Waals surface area contributed by atoms with Crippen LogP contribution in [0.1, 0.15) is 19.8 Å². The lowest BCUT2D eigenvalue weighted by Crippen LogP contribution is -2.41. The number of aliphatic hydroxyl groups is 1. The Morgan fingerprint density at radius 2 is 2.26 bits per heavy atom. The highest BCUT2D eigenvalue weighted by molar-refractivity contribution is 9.10. The van der Waals surface area contributed by atoms with E-state index in [4.69, 9.17) is 4.74 Å². The number of hydrogen-bond acceptors (Lipinski definition) is 3. The van der Waals surface area contributed by atoms with Crippen molar-refractivity contribution in [1.82, 2.24) is 4.90 Å². The van der Waals surface area contributed by atoms with Gasteiger partial charge in [-0.25, -0.2) is 0 Å². The minimum Gasteiger partial charge on any atom is -0.490 e. The lowest BCUT2D eigenvalue weighted by Gasteiger charge is -2.32. The fourth-order valence-corrected chi connectivity index (χ4v) is 2.95. The predicted octanol–water partition coefficient (Wildman–Crippen LogP) is 2.92. The highest BCUT2D eigenvalue weighted by Crippen LogP contribution is 2.24. The van der Waals surface area contributed by atoms with E-state index in [0.717, 1.165) is 29.2 Å². The molecule has 1 aliphatic rings. The first-order valence-corrected chi connectivity index (χ1v) is 7.72. The van der Waals surface area contributed by atoms with Crippen molar-refractivity contribution in [2.24, 2.45) is 5.92 Å². The van der Waals surface area contributed by atoms with Crippen molar-refractivity contribution in [1.29, 1.82) is 0 Å². The molecule has 0 saturated carbocycles. The van der Waals surface area contributed by atoms with Crippen molar-refractivity contribution in [3.8, 4) is 5.75 Å². The molecule has 106 valence electrons. The van der Waals surface area contributed by atoms with E-state index in [1.165, 1.54) is 12.8 Å². The Kier molecular flexibility index (Phi) is 5.67. The molecule has 19 heavy (non-hydrogen) atoms. The Morgan fingerprint density at radius 1 is 1.47 bits per heavy atom. The molecule has 3 nitrogen and oxygen atoms in total. The Labute approximate surface area is 123 Å². The van der Waals surface area contributed by atoms with Crippen LogP contribution in [0.4, 0.5) is 0 Å². The van der Waals surface area contributed by atoms with Crippen LogP contribution in [0.25, 0.3) is 0 Å². The molecule has 1 aliphatic heterocycles. The Morgan fingerprint density at radius 3 is 3.00 bits per heavy atom. The van der Waals surface area contributed by atoms with E-state index in [0.29, 0.717) is 13.2 Å². The summed E-state index contributed by atoms with van der Waals surface area (Å²) < 4.78 is 6.57. The summed E-state index contributed by atoms with van der Waals surface area (Å²) in [7, 11) is 0. The third-order valence-corrected chi connectivity index (χ3v) is 4.13. The molecule has 0 spiro atoms. The van der Waals surface area contributed by atoms with Crippen LogP contribution >= 0.6 is 15.9 Å². The first-order chi connectivity index (χ1) is 9.15. The molecule has 0 unspecified atom stereocenters. The molecular formula is C15H22BrNO2. The van der Waals surface area contributed by atoms with Gasteiger partial charge < -0.3 is 14.7 Å². The number of benzene rings is 1. The molecule has 1 aromatic carbocycles. The van der Waals surface area contributed by atoms with Crippen LogP contribution in [0.15, 0.2) is 28.7 Å². The summed E-state index contributed by atoms with van der Waals surface area (Å²) in [6.45, 7) is 5.50. The summed E-state index contributed by atoms with van der Waals surface area (Å²) in [5, 5.41) is 10.1. The van der Waals surface area contributed by atoms with Gasteiger partial charge in [-0.3, -0.25) is 0 Å². The van der Waals surface area contributed by atoms with Gasteiger partial charge in [-0.2, -0.15) is 0 Å². The largest absolute Gasteiger partial charge is 0.490 e. The van der Waals surface area contributed by atoms with Gasteiger partial charge in [0.15, 0.2) is 0 Å². The molecule has 2 rings (SSSR count). The lowest BCUT2D eigenvalue weighted by molar-refractivity contribution is 0.0535. The molecule has 0 aliphatic carbocycles. The topological polar surface area (TPSA) is 32.7 Å². The summed E-state index contributed by atoms with van der Waals surface area (Å²) >= 11 is 3.44. The normalized spacial score (nSPS) is 22.2. The van der Waals surface area contributed by atoms with Crippen molar-refractivity contribution >= 4 is 15.9 Å². The number of para-hydroxylation sites is 1. The molecule has 0 radical (unpaired) electrons. The van der Waals surface area contributed by atoms with Crippen LogP contribution in [0.3, 0.4) is 0 Å². The number of halogens is 1. The van der Waals surface area contributed by atoms with E-state index in [1.54, 1.807) is 0 Å². The molecule has 1 N–H and O–H groups in total. The van der Waals surface area contributed by atoms with Gasteiger partial charge in [-0.05, 0) is 53.4 Å². The maximum absolute atomic E-state index is 10.1. The molecule has 1 heterocycles. The van der Waals surface area contributed by atoms with Crippen LogP contribution in [0.2, 0.25) is 0 Å². The van der Waals surface area contributed by atoms with Gasteiger partial charge in [0.2, 0.25) is 0 Å². The van der Waals surface area contributed by atoms with Gasteiger partial charge in [0, 0.05) is 13.1 Å². The van der Waals surface area contributed by atoms with Crippen molar-refractivity contribution in [3.63, 3.8) is 0 Å². The molecule has 0 bridgehead atoms. The molecule has 4 heteroatoms. The van der Waals surface area contributed by atoms with Gasteiger partial charge in [0.25, 0.3) is 0 Å². The van der Waals surface area contributed by atoms with Gasteiger partial charge in [0.1, 0.15) is 18.5 Å². The first kappa shape index (κ1) is 14.8. The quantitative estimate of drug-likeness (QED) is 0.902. The van der Waals surface area contributed by atoms with Crippen LogP contribution < -0.4 is 4.74 Å². The second-order valence-corrected chi connectivity index (χ2v) is 6.26. The maximum atomic E-state index is 10.1. The highest BCUT2D eigenvalue weighted by atomic mass is 79.9. The van der Waals surface area contributed by atoms with E-state index in [2.05, 4.69) is 27.8 Å². The number of β-amino-alcohol motifs (C(OH)–C–C–N with tert-alkyl or cyclic N) is 1. The fourth-order valence-electron chi connectivity index (χ4n) is 2.55. The average molecular weight is 328 g/mol. The second-order valence-electron chi connectivity index (χ2n) is 5.40. The third-order valence-electron chi connectivity index (χ3n) is 3.48. The zero-order valence-corrected chi connectivity index (χ0v) is 13.0. The number of aliphatic hydroxyl groups excluding tert-OH is 1. The van der Waals surface area contributed by atoms with Crippen LogP contribution in [0, 0.1) is 5.92 Å². The lowest BCUT2D eigenvalue weighted by atomic mass is 10.0. The van der Waals surface area contributed by atoms with E-state index >= 15 is 0 Å². The standard InChI is InChI=1S/C15H22BrNO2/c1-12-5-4-8-17(9-12)10-13(18)11-19-15-7-3-2-6-14(15)16/h2-3,6-7,12-13,18H,4-5,8-11H2,1H3/t12-,13-/m1/s1. The summed E-state index contributed by atoms with van der Waals surface area (Å²) in [6.07, 6.45) is 2.11. The van der Waals surface area contributed by atoms with Crippen molar-refractivity contribution in [2.75, 3.05) is 26.2 Å². The molecular weight excluding hydrogens is 306 g/mol. The summed E-state index contributed by atoms with van der Waals surface area (Å²) in [4.78, 5) is 2.34. The molecule has 2 atom stereocenters. The number of likely N-dealkylation sites (tertiary alicyclic amines) is 1. The summed E-state index contributed by atoms with van der Waals surface area (Å²) in [6, 6.07) is 7.72. The van der Waals surface area contributed by atoms with Crippen LogP contribution in [0.5, 0.6) is 5.75 Å². The molecule has 1 fully saturated rings. The van der Waals surface area contributed by atoms with Crippen molar-refractivity contribution in [2.45, 2.75) is 25.9 Å². The zero-order valence-electron chi connectivity index (χ0n) is 11.4. The Hall–Kier alpha value is -0.580. The summed E-state index contributed by atoms with van der Waals surface area (Å²) in [5.41, 5.74) is 0. The molecule has 0 amide bonds. The van der Waals surface area contributed by atoms with E-state index in [-0.39, 0.29) is 0 Å². The van der Waals surface area contributed by atoms with Crippen LogP contribution in [-0.4, -0.2) is 42.4 Å². The Balaban J connectivity index is 1.75. The minimum atomic E-state index is -0.433. The number of ether oxygens (including phenoxy) is 1. The van der Waals surface area contributed by atoms with E-state index in [1.807, 2.05) is 24.3 Å². The summed E-state index contributed by atoms with van der Waals surface area (Å²) in [5.74, 6) is 1.53. The van der Waals surface area contributed by atoms with Gasteiger partial charge >= 0.3 is 0 Å². The highest BCUT2D eigenvalue weighted by Gasteiger charge is 2.19. The smallest absolute Gasteiger partial charge is 0.133 e.